The molecule has 8 nitrogen and oxygen atoms in total. The molecule has 0 aromatic carbocycles. The van der Waals surface area contributed by atoms with Crippen molar-refractivity contribution in [1.82, 2.24) is 9.80 Å². The topological polar surface area (TPSA) is 93.2 Å². The zero-order valence-electron chi connectivity index (χ0n) is 14.8. The number of esters is 2. The van der Waals surface area contributed by atoms with Gasteiger partial charge in [0.05, 0.1) is 13.2 Å². The van der Waals surface area contributed by atoms with Gasteiger partial charge in [-0.05, 0) is 20.8 Å². The minimum atomic E-state index is -0.568. The summed E-state index contributed by atoms with van der Waals surface area (Å²) < 4.78 is 9.44. The number of nitrogens with zero attached hydrogens (tertiary/aromatic N) is 2. The summed E-state index contributed by atoms with van der Waals surface area (Å²) >= 11 is 0. The van der Waals surface area contributed by atoms with Gasteiger partial charge in [-0.15, -0.1) is 0 Å². The van der Waals surface area contributed by atoms with Crippen LogP contribution in [0.5, 0.6) is 0 Å². The lowest BCUT2D eigenvalue weighted by molar-refractivity contribution is -0.139. The van der Waals surface area contributed by atoms with Crippen molar-refractivity contribution < 1.29 is 28.7 Å². The summed E-state index contributed by atoms with van der Waals surface area (Å²) in [5.41, 5.74) is 0. The number of carbonyl (C=O) groups is 4. The van der Waals surface area contributed by atoms with E-state index in [0.717, 1.165) is 12.2 Å². The fraction of sp³-hybridized carbons (Fsp3) is 0.529. The Bertz CT molecular complexity index is 569. The maximum Gasteiger partial charge on any atom is 0.330 e. The Morgan fingerprint density at radius 3 is 1.88 bits per heavy atom. The van der Waals surface area contributed by atoms with E-state index >= 15 is 0 Å². The Labute approximate surface area is 147 Å². The van der Waals surface area contributed by atoms with Crippen molar-refractivity contribution in [2.45, 2.75) is 26.8 Å². The fourth-order valence-electron chi connectivity index (χ4n) is 2.35. The quantitative estimate of drug-likeness (QED) is 0.504. The second-order valence-electron chi connectivity index (χ2n) is 5.34. The van der Waals surface area contributed by atoms with Gasteiger partial charge in [0.1, 0.15) is 0 Å². The van der Waals surface area contributed by atoms with E-state index < -0.39 is 11.9 Å². The first kappa shape index (κ1) is 20.4. The van der Waals surface area contributed by atoms with E-state index in [2.05, 4.69) is 0 Å². The van der Waals surface area contributed by atoms with E-state index in [9.17, 15) is 19.2 Å². The minimum absolute atomic E-state index is 0.215. The van der Waals surface area contributed by atoms with Crippen molar-refractivity contribution in [2.75, 3.05) is 32.8 Å². The maximum absolute atomic E-state index is 12.1. The largest absolute Gasteiger partial charge is 0.463 e. The molecule has 0 spiro atoms. The molecular weight excluding hydrogens is 328 g/mol. The Kier molecular flexibility index (Phi) is 8.38. The molecule has 1 unspecified atom stereocenters. The van der Waals surface area contributed by atoms with Crippen LogP contribution in [0.15, 0.2) is 24.3 Å². The molecule has 0 radical (unpaired) electrons. The number of hydrogen-bond acceptors (Lipinski definition) is 6. The Hall–Kier alpha value is -2.64. The van der Waals surface area contributed by atoms with Crippen LogP contribution in [0, 0.1) is 0 Å². The molecule has 25 heavy (non-hydrogen) atoms. The van der Waals surface area contributed by atoms with Crippen molar-refractivity contribution in [2.24, 2.45) is 0 Å². The smallest absolute Gasteiger partial charge is 0.330 e. The summed E-state index contributed by atoms with van der Waals surface area (Å²) in [4.78, 5) is 49.8. The molecule has 0 N–H and O–H groups in total. The van der Waals surface area contributed by atoms with Gasteiger partial charge in [0.25, 0.3) is 0 Å². The van der Waals surface area contributed by atoms with Crippen molar-refractivity contribution in [1.29, 1.82) is 0 Å². The van der Waals surface area contributed by atoms with Crippen LogP contribution < -0.4 is 0 Å². The SMILES string of the molecule is CCOC(=O)/C=C/C(=O)N1CCN(C(=O)/C=C/C(=O)OCC)C(C)C1. The Morgan fingerprint density at radius 2 is 1.40 bits per heavy atom. The molecule has 0 aromatic heterocycles. The van der Waals surface area contributed by atoms with E-state index in [-0.39, 0.29) is 31.1 Å². The van der Waals surface area contributed by atoms with E-state index in [1.165, 1.54) is 12.2 Å². The van der Waals surface area contributed by atoms with Crippen LogP contribution in [0.3, 0.4) is 0 Å². The summed E-state index contributed by atoms with van der Waals surface area (Å²) in [6.07, 6.45) is 4.53. The van der Waals surface area contributed by atoms with Gasteiger partial charge in [-0.25, -0.2) is 9.59 Å². The van der Waals surface area contributed by atoms with Crippen molar-refractivity contribution in [3.63, 3.8) is 0 Å². The van der Waals surface area contributed by atoms with Gasteiger partial charge in [-0.3, -0.25) is 9.59 Å². The Morgan fingerprint density at radius 1 is 0.880 bits per heavy atom. The molecule has 1 fully saturated rings. The van der Waals surface area contributed by atoms with Crippen LogP contribution in [0.1, 0.15) is 20.8 Å². The molecule has 1 aliphatic heterocycles. The highest BCUT2D eigenvalue weighted by molar-refractivity contribution is 5.96. The second-order valence-corrected chi connectivity index (χ2v) is 5.34. The van der Waals surface area contributed by atoms with Gasteiger partial charge in [0.15, 0.2) is 0 Å². The molecule has 0 saturated carbocycles. The molecule has 2 amide bonds. The zero-order chi connectivity index (χ0) is 18.8. The summed E-state index contributed by atoms with van der Waals surface area (Å²) in [7, 11) is 0. The van der Waals surface area contributed by atoms with Crippen molar-refractivity contribution in [3.05, 3.63) is 24.3 Å². The average Bonchev–Trinajstić information content (AvgIpc) is 2.58. The molecule has 0 aliphatic carbocycles. The van der Waals surface area contributed by atoms with Crippen LogP contribution in [0.25, 0.3) is 0 Å². The molecule has 0 aromatic rings. The lowest BCUT2D eigenvalue weighted by atomic mass is 10.1. The van der Waals surface area contributed by atoms with Crippen molar-refractivity contribution in [3.8, 4) is 0 Å². The second kappa shape index (κ2) is 10.3. The predicted octanol–water partition coefficient (Wildman–Crippen LogP) is 0.284. The highest BCUT2D eigenvalue weighted by atomic mass is 16.5. The number of carbonyl (C=O) groups excluding carboxylic acids is 4. The molecule has 1 saturated heterocycles. The number of hydrogen-bond donors (Lipinski definition) is 0. The Balaban J connectivity index is 2.56. The highest BCUT2D eigenvalue weighted by Gasteiger charge is 2.28. The van der Waals surface area contributed by atoms with E-state index in [0.29, 0.717) is 19.6 Å². The highest BCUT2D eigenvalue weighted by Crippen LogP contribution is 2.11. The molecule has 0 bridgehead atoms. The fourth-order valence-corrected chi connectivity index (χ4v) is 2.35. The number of piperazine rings is 1. The summed E-state index contributed by atoms with van der Waals surface area (Å²) in [5.74, 6) is -1.76. The molecule has 138 valence electrons. The molecular formula is C17H24N2O6. The van der Waals surface area contributed by atoms with Crippen molar-refractivity contribution >= 4 is 23.8 Å². The zero-order valence-corrected chi connectivity index (χ0v) is 14.8. The van der Waals surface area contributed by atoms with E-state index in [1.54, 1.807) is 23.6 Å². The standard InChI is InChI=1S/C17H24N2O6/c1-4-24-16(22)8-6-14(20)18-10-11-19(13(3)12-18)15(21)7-9-17(23)25-5-2/h6-9,13H,4-5,10-12H2,1-3H3/b8-6+,9-7+. The maximum atomic E-state index is 12.1. The molecule has 1 heterocycles. The van der Waals surface area contributed by atoms with E-state index in [1.807, 2.05) is 6.92 Å². The van der Waals surface area contributed by atoms with Crippen LogP contribution in [0.4, 0.5) is 0 Å². The van der Waals surface area contributed by atoms with Gasteiger partial charge >= 0.3 is 11.9 Å². The van der Waals surface area contributed by atoms with Crippen LogP contribution in [-0.4, -0.2) is 72.4 Å². The van der Waals surface area contributed by atoms with Gasteiger partial charge in [-0.1, -0.05) is 0 Å². The number of rotatable bonds is 6. The van der Waals surface area contributed by atoms with Gasteiger partial charge in [-0.2, -0.15) is 0 Å². The lowest BCUT2D eigenvalue weighted by Crippen LogP contribution is -2.54. The predicted molar refractivity (Wildman–Crippen MR) is 89.3 cm³/mol. The molecule has 1 rings (SSSR count). The van der Waals surface area contributed by atoms with E-state index in [4.69, 9.17) is 9.47 Å². The summed E-state index contributed by atoms with van der Waals surface area (Å²) in [6.45, 7) is 6.68. The number of ether oxygens (including phenoxy) is 2. The summed E-state index contributed by atoms with van der Waals surface area (Å²) in [5, 5.41) is 0. The normalized spacial score (nSPS) is 17.8. The third kappa shape index (κ3) is 6.78. The third-order valence-corrected chi connectivity index (χ3v) is 3.52. The van der Waals surface area contributed by atoms with Crippen LogP contribution in [0.2, 0.25) is 0 Å². The van der Waals surface area contributed by atoms with Crippen LogP contribution >= 0.6 is 0 Å². The summed E-state index contributed by atoms with van der Waals surface area (Å²) in [6, 6.07) is -0.215. The molecule has 8 heteroatoms. The third-order valence-electron chi connectivity index (χ3n) is 3.52. The first-order chi connectivity index (χ1) is 11.9. The van der Waals surface area contributed by atoms with Gasteiger partial charge < -0.3 is 19.3 Å². The van der Waals surface area contributed by atoms with Crippen LogP contribution in [-0.2, 0) is 28.7 Å². The number of amides is 2. The van der Waals surface area contributed by atoms with Gasteiger partial charge in [0, 0.05) is 50.0 Å². The molecule has 1 aliphatic rings. The first-order valence-electron chi connectivity index (χ1n) is 8.18. The average molecular weight is 352 g/mol. The lowest BCUT2D eigenvalue weighted by Gasteiger charge is -2.39. The first-order valence-corrected chi connectivity index (χ1v) is 8.18. The molecule has 1 atom stereocenters. The minimum Gasteiger partial charge on any atom is -0.463 e. The van der Waals surface area contributed by atoms with Gasteiger partial charge in [0.2, 0.25) is 11.8 Å². The monoisotopic (exact) mass is 352 g/mol.